The first-order valence-corrected chi connectivity index (χ1v) is 5.38. The molecule has 1 aliphatic carbocycles. The van der Waals surface area contributed by atoms with Gasteiger partial charge in [0, 0.05) is 17.0 Å². The summed E-state index contributed by atoms with van der Waals surface area (Å²) in [6.45, 7) is 5.78. The lowest BCUT2D eigenvalue weighted by Crippen LogP contribution is -2.32. The lowest BCUT2D eigenvalue weighted by atomic mass is 10.3. The number of nitrogens with zero attached hydrogens (tertiary/aromatic N) is 1. The van der Waals surface area contributed by atoms with Crippen LogP contribution in [0.3, 0.4) is 0 Å². The Morgan fingerprint density at radius 1 is 1.55 bits per heavy atom. The number of carbonyl (C=O) groups is 1. The molecule has 3 heteroatoms. The molecular weight excluding hydrogens is 253 g/mol. The van der Waals surface area contributed by atoms with E-state index in [0.717, 1.165) is 19.5 Å². The zero-order chi connectivity index (χ0) is 8.43. The van der Waals surface area contributed by atoms with Gasteiger partial charge < -0.3 is 4.90 Å². The Kier molecular flexibility index (Phi) is 3.16. The van der Waals surface area contributed by atoms with Gasteiger partial charge in [-0.2, -0.15) is 0 Å². The zero-order valence-electron chi connectivity index (χ0n) is 7.01. The average molecular weight is 267 g/mol. The van der Waals surface area contributed by atoms with Gasteiger partial charge in [-0.05, 0) is 20.3 Å². The third-order valence-corrected chi connectivity index (χ3v) is 3.48. The summed E-state index contributed by atoms with van der Waals surface area (Å²) in [7, 11) is 0. The number of carbonyl (C=O) groups excluding carboxylic acids is 1. The monoisotopic (exact) mass is 267 g/mol. The lowest BCUT2D eigenvalue weighted by molar-refractivity contribution is -0.132. The van der Waals surface area contributed by atoms with Crippen LogP contribution in [-0.2, 0) is 4.79 Å². The predicted octanol–water partition coefficient (Wildman–Crippen LogP) is 1.68. The van der Waals surface area contributed by atoms with E-state index in [1.807, 2.05) is 18.7 Å². The molecule has 0 unspecified atom stereocenters. The highest BCUT2D eigenvalue weighted by atomic mass is 127. The number of rotatable bonds is 3. The van der Waals surface area contributed by atoms with Crippen molar-refractivity contribution < 1.29 is 4.79 Å². The fourth-order valence-corrected chi connectivity index (χ4v) is 2.04. The summed E-state index contributed by atoms with van der Waals surface area (Å²) in [5.41, 5.74) is 0. The molecule has 2 nitrogen and oxygen atoms in total. The highest BCUT2D eigenvalue weighted by Crippen LogP contribution is 2.39. The van der Waals surface area contributed by atoms with Crippen LogP contribution >= 0.6 is 22.6 Å². The molecular formula is C8H14INO. The van der Waals surface area contributed by atoms with Crippen LogP contribution in [0.5, 0.6) is 0 Å². The number of hydrogen-bond acceptors (Lipinski definition) is 1. The first-order chi connectivity index (χ1) is 5.20. The molecule has 1 rings (SSSR count). The number of halogens is 1. The molecule has 1 saturated carbocycles. The van der Waals surface area contributed by atoms with Crippen LogP contribution in [0.4, 0.5) is 0 Å². The van der Waals surface area contributed by atoms with Crippen LogP contribution in [0.2, 0.25) is 0 Å². The van der Waals surface area contributed by atoms with E-state index in [2.05, 4.69) is 22.6 Å². The topological polar surface area (TPSA) is 20.3 Å². The van der Waals surface area contributed by atoms with Crippen LogP contribution in [0.15, 0.2) is 0 Å². The molecule has 11 heavy (non-hydrogen) atoms. The third kappa shape index (κ3) is 2.07. The molecule has 0 bridgehead atoms. The minimum absolute atomic E-state index is 0.343. The molecule has 2 atom stereocenters. The summed E-state index contributed by atoms with van der Waals surface area (Å²) in [5, 5.41) is 0. The summed E-state index contributed by atoms with van der Waals surface area (Å²) in [6, 6.07) is 0. The quantitative estimate of drug-likeness (QED) is 0.562. The maximum absolute atomic E-state index is 11.5. The van der Waals surface area contributed by atoms with Crippen molar-refractivity contribution >= 4 is 28.5 Å². The molecule has 0 aromatic heterocycles. The maximum atomic E-state index is 11.5. The fraction of sp³-hybridized carbons (Fsp3) is 0.875. The maximum Gasteiger partial charge on any atom is 0.226 e. The molecule has 0 heterocycles. The van der Waals surface area contributed by atoms with E-state index in [0.29, 0.717) is 15.7 Å². The lowest BCUT2D eigenvalue weighted by Gasteiger charge is -2.17. The van der Waals surface area contributed by atoms with Crippen LogP contribution < -0.4 is 0 Å². The van der Waals surface area contributed by atoms with E-state index < -0.39 is 0 Å². The molecule has 0 spiro atoms. The van der Waals surface area contributed by atoms with Crippen molar-refractivity contribution in [3.63, 3.8) is 0 Å². The fourth-order valence-electron chi connectivity index (χ4n) is 1.19. The zero-order valence-corrected chi connectivity index (χ0v) is 9.17. The second-order valence-corrected chi connectivity index (χ2v) is 4.47. The SMILES string of the molecule is CCN(CC)C(=O)[C@H]1C[C@@H]1I. The smallest absolute Gasteiger partial charge is 0.226 e. The van der Waals surface area contributed by atoms with Crippen molar-refractivity contribution in [1.82, 2.24) is 4.90 Å². The van der Waals surface area contributed by atoms with Gasteiger partial charge in [0.05, 0.1) is 5.92 Å². The summed E-state index contributed by atoms with van der Waals surface area (Å²) < 4.78 is 0.612. The molecule has 1 aliphatic rings. The van der Waals surface area contributed by atoms with Crippen LogP contribution in [0.25, 0.3) is 0 Å². The summed E-state index contributed by atoms with van der Waals surface area (Å²) in [4.78, 5) is 13.4. The van der Waals surface area contributed by atoms with Crippen molar-refractivity contribution in [3.8, 4) is 0 Å². The predicted molar refractivity (Wildman–Crippen MR) is 53.8 cm³/mol. The van der Waals surface area contributed by atoms with Gasteiger partial charge in [-0.3, -0.25) is 4.79 Å². The summed E-state index contributed by atoms with van der Waals surface area (Å²) in [5.74, 6) is 0.699. The van der Waals surface area contributed by atoms with Gasteiger partial charge in [0.25, 0.3) is 0 Å². The normalized spacial score (nSPS) is 28.3. The van der Waals surface area contributed by atoms with Gasteiger partial charge in [-0.1, -0.05) is 22.6 Å². The highest BCUT2D eigenvalue weighted by molar-refractivity contribution is 14.1. The van der Waals surface area contributed by atoms with Crippen molar-refractivity contribution in [2.45, 2.75) is 24.2 Å². The first kappa shape index (κ1) is 9.29. The standard InChI is InChI=1S/C8H14INO/c1-3-10(4-2)8(11)6-5-7(6)9/h6-7H,3-5H2,1-2H3/t6-,7-/m0/s1. The second-order valence-electron chi connectivity index (χ2n) is 2.87. The van der Waals surface area contributed by atoms with Gasteiger partial charge in [-0.25, -0.2) is 0 Å². The van der Waals surface area contributed by atoms with Gasteiger partial charge >= 0.3 is 0 Å². The Morgan fingerprint density at radius 2 is 2.00 bits per heavy atom. The first-order valence-electron chi connectivity index (χ1n) is 4.13. The summed E-state index contributed by atoms with van der Waals surface area (Å²) in [6.07, 6.45) is 1.09. The molecule has 0 saturated heterocycles. The van der Waals surface area contributed by atoms with E-state index in [1.165, 1.54) is 0 Å². The molecule has 0 aliphatic heterocycles. The molecule has 1 amide bonds. The number of amides is 1. The summed E-state index contributed by atoms with van der Waals surface area (Å²) >= 11 is 2.35. The van der Waals surface area contributed by atoms with E-state index in [4.69, 9.17) is 0 Å². The Labute approximate surface area is 81.5 Å². The average Bonchev–Trinajstić information content (AvgIpc) is 2.69. The number of alkyl halides is 1. The molecule has 0 aromatic rings. The molecule has 0 radical (unpaired) electrons. The second kappa shape index (κ2) is 3.74. The Balaban J connectivity index is 2.39. The van der Waals surface area contributed by atoms with Gasteiger partial charge in [0.2, 0.25) is 5.91 Å². The van der Waals surface area contributed by atoms with Crippen molar-refractivity contribution in [2.75, 3.05) is 13.1 Å². The van der Waals surface area contributed by atoms with Crippen molar-refractivity contribution in [2.24, 2.45) is 5.92 Å². The van der Waals surface area contributed by atoms with Crippen LogP contribution in [0, 0.1) is 5.92 Å². The highest BCUT2D eigenvalue weighted by Gasteiger charge is 2.42. The van der Waals surface area contributed by atoms with Gasteiger partial charge in [-0.15, -0.1) is 0 Å². The largest absolute Gasteiger partial charge is 0.343 e. The van der Waals surface area contributed by atoms with E-state index in [-0.39, 0.29) is 0 Å². The Hall–Kier alpha value is 0.200. The van der Waals surface area contributed by atoms with Crippen LogP contribution in [-0.4, -0.2) is 27.8 Å². The van der Waals surface area contributed by atoms with E-state index in [9.17, 15) is 4.79 Å². The number of hydrogen-bond donors (Lipinski definition) is 0. The van der Waals surface area contributed by atoms with E-state index in [1.54, 1.807) is 0 Å². The minimum atomic E-state index is 0.343. The van der Waals surface area contributed by atoms with Crippen molar-refractivity contribution in [3.05, 3.63) is 0 Å². The van der Waals surface area contributed by atoms with Gasteiger partial charge in [0.1, 0.15) is 0 Å². The molecule has 1 fully saturated rings. The molecule has 0 aromatic carbocycles. The molecule has 0 N–H and O–H groups in total. The van der Waals surface area contributed by atoms with E-state index >= 15 is 0 Å². The Morgan fingerprint density at radius 3 is 2.27 bits per heavy atom. The third-order valence-electron chi connectivity index (χ3n) is 2.10. The van der Waals surface area contributed by atoms with Crippen LogP contribution in [0.1, 0.15) is 20.3 Å². The van der Waals surface area contributed by atoms with Gasteiger partial charge in [0.15, 0.2) is 0 Å². The molecule has 64 valence electrons. The van der Waals surface area contributed by atoms with Crippen molar-refractivity contribution in [1.29, 1.82) is 0 Å². The minimum Gasteiger partial charge on any atom is -0.343 e. The Bertz CT molecular complexity index is 156.